The van der Waals surface area contributed by atoms with Gasteiger partial charge in [-0.05, 0) is 21.9 Å². The fraction of sp³-hybridized carbons (Fsp3) is 0.217. The van der Waals surface area contributed by atoms with E-state index in [1.54, 1.807) is 0 Å². The van der Waals surface area contributed by atoms with Crippen LogP contribution in [0.5, 0.6) is 0 Å². The van der Waals surface area contributed by atoms with E-state index in [0.717, 1.165) is 0 Å². The van der Waals surface area contributed by atoms with E-state index in [0.29, 0.717) is 11.8 Å². The van der Waals surface area contributed by atoms with Crippen LogP contribution in [0.15, 0.2) is 90.6 Å². The molecule has 0 aliphatic heterocycles. The van der Waals surface area contributed by atoms with Crippen LogP contribution in [0, 0.1) is 11.8 Å². The number of fused-ring (bicyclic) bond motifs is 2. The summed E-state index contributed by atoms with van der Waals surface area (Å²) in [6, 6.07) is 15.4. The first kappa shape index (κ1) is 14.3. The third-order valence-electron chi connectivity index (χ3n) is 5.29. The van der Waals surface area contributed by atoms with Crippen molar-refractivity contribution in [3.8, 4) is 0 Å². The van der Waals surface area contributed by atoms with Crippen molar-refractivity contribution < 1.29 is 0 Å². The largest absolute Gasteiger partial charge is 0.0767 e. The van der Waals surface area contributed by atoms with Gasteiger partial charge in [0.05, 0.1) is 0 Å². The molecule has 2 atom stereocenters. The monoisotopic (exact) mass is 298 g/mol. The Balaban J connectivity index is 1.74. The molecule has 0 radical (unpaired) electrons. The second-order valence-electron chi connectivity index (χ2n) is 7.09. The van der Waals surface area contributed by atoms with E-state index < -0.39 is 0 Å². The summed E-state index contributed by atoms with van der Waals surface area (Å²) in [5, 5.41) is 2.62. The van der Waals surface area contributed by atoms with Gasteiger partial charge in [0.2, 0.25) is 0 Å². The number of allylic oxidation sites excluding steroid dienone is 8. The number of hydrogen-bond donors (Lipinski definition) is 0. The summed E-state index contributed by atoms with van der Waals surface area (Å²) in [4.78, 5) is 0. The second kappa shape index (κ2) is 5.38. The third-order valence-corrected chi connectivity index (χ3v) is 5.29. The average Bonchev–Trinajstić information content (AvgIpc) is 2.61. The van der Waals surface area contributed by atoms with Crippen LogP contribution in [0.2, 0.25) is 0 Å². The average molecular weight is 298 g/mol. The maximum absolute atomic E-state index is 2.44. The molecule has 0 N–H and O–H groups in total. The Hall–Kier alpha value is -2.34. The number of rotatable bonds is 2. The lowest BCUT2D eigenvalue weighted by Gasteiger charge is -2.32. The van der Waals surface area contributed by atoms with Gasteiger partial charge in [0, 0.05) is 17.3 Å². The van der Waals surface area contributed by atoms with Crippen molar-refractivity contribution in [2.24, 2.45) is 11.8 Å². The van der Waals surface area contributed by atoms with Crippen molar-refractivity contribution in [2.75, 3.05) is 0 Å². The predicted molar refractivity (Wildman–Crippen MR) is 99.5 cm³/mol. The van der Waals surface area contributed by atoms with Crippen LogP contribution in [-0.2, 0) is 5.41 Å². The first-order chi connectivity index (χ1) is 11.1. The molecule has 4 rings (SSSR count). The van der Waals surface area contributed by atoms with Crippen LogP contribution in [0.25, 0.3) is 10.8 Å². The van der Waals surface area contributed by atoms with Crippen LogP contribution in [0.4, 0.5) is 0 Å². The quantitative estimate of drug-likeness (QED) is 0.640. The van der Waals surface area contributed by atoms with Crippen molar-refractivity contribution >= 4 is 10.8 Å². The summed E-state index contributed by atoms with van der Waals surface area (Å²) in [5.74, 6) is 1.02. The molecule has 0 nitrogen and oxygen atoms in total. The summed E-state index contributed by atoms with van der Waals surface area (Å²) in [7, 11) is 0. The normalized spacial score (nSPS) is 23.0. The highest BCUT2D eigenvalue weighted by Crippen LogP contribution is 2.39. The highest BCUT2D eigenvalue weighted by Gasteiger charge is 2.28. The van der Waals surface area contributed by atoms with Gasteiger partial charge in [-0.15, -0.1) is 0 Å². The molecule has 0 amide bonds. The zero-order valence-electron chi connectivity index (χ0n) is 13.7. The van der Waals surface area contributed by atoms with Gasteiger partial charge in [-0.3, -0.25) is 0 Å². The van der Waals surface area contributed by atoms with Crippen molar-refractivity contribution in [3.63, 3.8) is 0 Å². The Labute approximate surface area is 138 Å². The lowest BCUT2D eigenvalue weighted by molar-refractivity contribution is 0.591. The molecule has 2 aliphatic rings. The van der Waals surface area contributed by atoms with Crippen molar-refractivity contribution in [1.82, 2.24) is 0 Å². The van der Waals surface area contributed by atoms with Gasteiger partial charge in [0.15, 0.2) is 0 Å². The molecule has 2 unspecified atom stereocenters. The first-order valence-corrected chi connectivity index (χ1v) is 8.39. The van der Waals surface area contributed by atoms with Crippen molar-refractivity contribution in [3.05, 3.63) is 96.1 Å². The SMILES string of the molecule is CC(C)(C1=CC2C=CC=CC2C=C1)c1ccc2ccccc2c1. The summed E-state index contributed by atoms with van der Waals surface area (Å²) >= 11 is 0. The predicted octanol–water partition coefficient (Wildman–Crippen LogP) is 5.97. The van der Waals surface area contributed by atoms with Crippen molar-refractivity contribution in [2.45, 2.75) is 19.3 Å². The highest BCUT2D eigenvalue weighted by molar-refractivity contribution is 5.83. The maximum Gasteiger partial charge on any atom is 0.0143 e. The molecule has 0 fully saturated rings. The van der Waals surface area contributed by atoms with Crippen LogP contribution < -0.4 is 0 Å². The highest BCUT2D eigenvalue weighted by atomic mass is 14.3. The summed E-state index contributed by atoms with van der Waals surface area (Å²) in [6.07, 6.45) is 16.0. The Bertz CT molecular complexity index is 858. The fourth-order valence-electron chi connectivity index (χ4n) is 3.64. The van der Waals surface area contributed by atoms with E-state index in [4.69, 9.17) is 0 Å². The molecule has 0 saturated carbocycles. The van der Waals surface area contributed by atoms with Crippen LogP contribution in [0.1, 0.15) is 19.4 Å². The number of benzene rings is 2. The van der Waals surface area contributed by atoms with Gasteiger partial charge >= 0.3 is 0 Å². The van der Waals surface area contributed by atoms with Crippen LogP contribution in [0.3, 0.4) is 0 Å². The molecule has 0 aromatic heterocycles. The molecule has 2 aliphatic carbocycles. The van der Waals surface area contributed by atoms with Gasteiger partial charge in [-0.1, -0.05) is 98.8 Å². The molecular weight excluding hydrogens is 276 g/mol. The first-order valence-electron chi connectivity index (χ1n) is 8.39. The molecular formula is C23H22. The molecule has 0 heteroatoms. The van der Waals surface area contributed by atoms with Gasteiger partial charge in [-0.2, -0.15) is 0 Å². The second-order valence-corrected chi connectivity index (χ2v) is 7.09. The summed E-state index contributed by atoms with van der Waals surface area (Å²) in [6.45, 7) is 4.66. The zero-order chi connectivity index (χ0) is 15.9. The zero-order valence-corrected chi connectivity index (χ0v) is 13.7. The molecule has 23 heavy (non-hydrogen) atoms. The van der Waals surface area contributed by atoms with Gasteiger partial charge in [0.25, 0.3) is 0 Å². The van der Waals surface area contributed by atoms with Gasteiger partial charge in [0.1, 0.15) is 0 Å². The summed E-state index contributed by atoms with van der Waals surface area (Å²) in [5.41, 5.74) is 2.80. The molecule has 2 aromatic carbocycles. The minimum Gasteiger partial charge on any atom is -0.0767 e. The Morgan fingerprint density at radius 2 is 1.52 bits per heavy atom. The standard InChI is InChI=1S/C23H22/c1-23(2,21-13-11-17-7-3-5-9-19(17)15-21)22-14-12-18-8-4-6-10-20(18)16-22/h3-17,19H,1-2H3. The topological polar surface area (TPSA) is 0 Å². The molecule has 0 saturated heterocycles. The van der Waals surface area contributed by atoms with E-state index in [2.05, 4.69) is 98.8 Å². The lowest BCUT2D eigenvalue weighted by atomic mass is 9.71. The summed E-state index contributed by atoms with van der Waals surface area (Å²) < 4.78 is 0. The van der Waals surface area contributed by atoms with E-state index in [1.807, 2.05) is 0 Å². The van der Waals surface area contributed by atoms with E-state index >= 15 is 0 Å². The van der Waals surface area contributed by atoms with Crippen LogP contribution >= 0.6 is 0 Å². The third kappa shape index (κ3) is 2.49. The van der Waals surface area contributed by atoms with E-state index in [1.165, 1.54) is 21.9 Å². The molecule has 2 aromatic rings. The Kier molecular flexibility index (Phi) is 3.34. The van der Waals surface area contributed by atoms with Gasteiger partial charge < -0.3 is 0 Å². The van der Waals surface area contributed by atoms with E-state index in [-0.39, 0.29) is 5.41 Å². The number of hydrogen-bond acceptors (Lipinski definition) is 0. The Morgan fingerprint density at radius 3 is 2.35 bits per heavy atom. The van der Waals surface area contributed by atoms with E-state index in [9.17, 15) is 0 Å². The lowest BCUT2D eigenvalue weighted by Crippen LogP contribution is -2.23. The molecule has 0 heterocycles. The minimum atomic E-state index is 0.0144. The smallest absolute Gasteiger partial charge is 0.0143 e. The molecule has 0 bridgehead atoms. The van der Waals surface area contributed by atoms with Gasteiger partial charge in [-0.25, -0.2) is 0 Å². The maximum atomic E-state index is 2.44. The Morgan fingerprint density at radius 1 is 0.783 bits per heavy atom. The van der Waals surface area contributed by atoms with Crippen LogP contribution in [-0.4, -0.2) is 0 Å². The van der Waals surface area contributed by atoms with Crippen molar-refractivity contribution in [1.29, 1.82) is 0 Å². The molecule has 0 spiro atoms. The fourth-order valence-corrected chi connectivity index (χ4v) is 3.64. The molecule has 114 valence electrons. The minimum absolute atomic E-state index is 0.0144.